The molecule has 0 radical (unpaired) electrons. The van der Waals surface area contributed by atoms with Crippen LogP contribution in [0.2, 0.25) is 5.02 Å². The summed E-state index contributed by atoms with van der Waals surface area (Å²) < 4.78 is 5.03. The molecule has 0 bridgehead atoms. The van der Waals surface area contributed by atoms with Gasteiger partial charge in [-0.3, -0.25) is 0 Å². The van der Waals surface area contributed by atoms with E-state index in [2.05, 4.69) is 35.3 Å². The van der Waals surface area contributed by atoms with Crippen LogP contribution in [0.3, 0.4) is 0 Å². The number of nitrogens with zero attached hydrogens (tertiary/aromatic N) is 1. The second-order valence-corrected chi connectivity index (χ2v) is 6.23. The van der Waals surface area contributed by atoms with Gasteiger partial charge in [-0.15, -0.1) is 0 Å². The van der Waals surface area contributed by atoms with E-state index in [1.54, 1.807) is 7.11 Å². The van der Waals surface area contributed by atoms with Crippen LogP contribution in [0, 0.1) is 5.92 Å². The van der Waals surface area contributed by atoms with Gasteiger partial charge in [0, 0.05) is 33.3 Å². The van der Waals surface area contributed by atoms with Crippen LogP contribution in [0.15, 0.2) is 18.2 Å². The maximum absolute atomic E-state index is 6.50. The fourth-order valence-corrected chi connectivity index (χ4v) is 3.26. The third-order valence-electron chi connectivity index (χ3n) is 4.26. The van der Waals surface area contributed by atoms with Gasteiger partial charge in [0.1, 0.15) is 0 Å². The number of rotatable bonds is 7. The maximum Gasteiger partial charge on any atom is 0.0642 e. The molecule has 4 heteroatoms. The molecule has 2 rings (SSSR count). The van der Waals surface area contributed by atoms with Gasteiger partial charge >= 0.3 is 0 Å². The molecule has 1 saturated heterocycles. The van der Waals surface area contributed by atoms with Crippen LogP contribution in [-0.2, 0) is 11.3 Å². The standard InChI is InChI=1S/C17H27ClN2O/c1-3-14-5-4-9-20(13-14)17-7-6-15(11-16(17)18)12-19-8-10-21-2/h6-7,11,14,19H,3-5,8-10,12-13H2,1-2H3. The first-order chi connectivity index (χ1) is 10.2. The van der Waals surface area contributed by atoms with Gasteiger partial charge in [0.25, 0.3) is 0 Å². The first-order valence-electron chi connectivity index (χ1n) is 7.97. The molecule has 0 aromatic heterocycles. The van der Waals surface area contributed by atoms with E-state index < -0.39 is 0 Å². The van der Waals surface area contributed by atoms with Crippen molar-refractivity contribution >= 4 is 17.3 Å². The Labute approximate surface area is 133 Å². The second-order valence-electron chi connectivity index (χ2n) is 5.82. The molecule has 3 nitrogen and oxygen atoms in total. The molecule has 1 atom stereocenters. The fourth-order valence-electron chi connectivity index (χ4n) is 2.94. The summed E-state index contributed by atoms with van der Waals surface area (Å²) in [6.07, 6.45) is 3.89. The number of nitrogens with one attached hydrogen (secondary N) is 1. The van der Waals surface area contributed by atoms with E-state index in [0.29, 0.717) is 0 Å². The predicted octanol–water partition coefficient (Wildman–Crippen LogP) is 3.70. The molecular weight excluding hydrogens is 284 g/mol. The van der Waals surface area contributed by atoms with Crippen molar-refractivity contribution in [2.45, 2.75) is 32.7 Å². The minimum absolute atomic E-state index is 0.734. The number of methoxy groups -OCH3 is 1. The average molecular weight is 311 g/mol. The molecule has 1 unspecified atom stereocenters. The Bertz CT molecular complexity index is 439. The number of halogens is 1. The molecule has 118 valence electrons. The number of hydrogen-bond acceptors (Lipinski definition) is 3. The third-order valence-corrected chi connectivity index (χ3v) is 4.56. The lowest BCUT2D eigenvalue weighted by molar-refractivity contribution is 0.199. The Hall–Kier alpha value is -0.770. The summed E-state index contributed by atoms with van der Waals surface area (Å²) in [5.74, 6) is 0.810. The Morgan fingerprint density at radius 3 is 3.00 bits per heavy atom. The topological polar surface area (TPSA) is 24.5 Å². The zero-order valence-corrected chi connectivity index (χ0v) is 14.0. The maximum atomic E-state index is 6.50. The SMILES string of the molecule is CCC1CCCN(c2ccc(CNCCOC)cc2Cl)C1. The number of anilines is 1. The fraction of sp³-hybridized carbons (Fsp3) is 0.647. The summed E-state index contributed by atoms with van der Waals surface area (Å²) in [4.78, 5) is 2.45. The van der Waals surface area contributed by atoms with Crippen molar-refractivity contribution in [2.75, 3.05) is 38.3 Å². The van der Waals surface area contributed by atoms with Gasteiger partial charge in [0.2, 0.25) is 0 Å². The van der Waals surface area contributed by atoms with E-state index in [1.165, 1.54) is 30.5 Å². The van der Waals surface area contributed by atoms with Crippen molar-refractivity contribution in [3.05, 3.63) is 28.8 Å². The molecule has 1 N–H and O–H groups in total. The summed E-state index contributed by atoms with van der Waals surface area (Å²) in [6, 6.07) is 6.44. The molecule has 0 amide bonds. The molecule has 0 spiro atoms. The smallest absolute Gasteiger partial charge is 0.0642 e. The molecular formula is C17H27ClN2O. The first-order valence-corrected chi connectivity index (χ1v) is 8.35. The summed E-state index contributed by atoms with van der Waals surface area (Å²) in [5.41, 5.74) is 2.42. The van der Waals surface area contributed by atoms with E-state index in [0.717, 1.165) is 43.7 Å². The molecule has 1 fully saturated rings. The molecule has 1 aliphatic heterocycles. The van der Waals surface area contributed by atoms with Crippen LogP contribution < -0.4 is 10.2 Å². The predicted molar refractivity (Wildman–Crippen MR) is 90.3 cm³/mol. The normalized spacial score (nSPS) is 19.0. The van der Waals surface area contributed by atoms with Crippen molar-refractivity contribution in [3.63, 3.8) is 0 Å². The van der Waals surface area contributed by atoms with Crippen molar-refractivity contribution in [3.8, 4) is 0 Å². The van der Waals surface area contributed by atoms with Gasteiger partial charge in [-0.05, 0) is 36.5 Å². The Balaban J connectivity index is 1.95. The van der Waals surface area contributed by atoms with Crippen molar-refractivity contribution in [1.29, 1.82) is 0 Å². The van der Waals surface area contributed by atoms with Crippen LogP contribution in [-0.4, -0.2) is 33.4 Å². The summed E-state index contributed by atoms with van der Waals surface area (Å²) >= 11 is 6.50. The van der Waals surface area contributed by atoms with E-state index in [1.807, 2.05) is 0 Å². The lowest BCUT2D eigenvalue weighted by atomic mass is 9.95. The summed E-state index contributed by atoms with van der Waals surface area (Å²) in [5, 5.41) is 4.22. The van der Waals surface area contributed by atoms with Crippen LogP contribution >= 0.6 is 11.6 Å². The van der Waals surface area contributed by atoms with Crippen LogP contribution in [0.5, 0.6) is 0 Å². The van der Waals surface area contributed by atoms with Gasteiger partial charge in [-0.2, -0.15) is 0 Å². The minimum atomic E-state index is 0.734. The number of benzene rings is 1. The average Bonchev–Trinajstić information content (AvgIpc) is 2.52. The van der Waals surface area contributed by atoms with E-state index in [4.69, 9.17) is 16.3 Å². The molecule has 0 aliphatic carbocycles. The van der Waals surface area contributed by atoms with Gasteiger partial charge in [0.05, 0.1) is 17.3 Å². The highest BCUT2D eigenvalue weighted by molar-refractivity contribution is 6.33. The van der Waals surface area contributed by atoms with Gasteiger partial charge in [-0.1, -0.05) is 31.0 Å². The van der Waals surface area contributed by atoms with Crippen molar-refractivity contribution in [2.24, 2.45) is 5.92 Å². The number of piperidine rings is 1. The molecule has 1 aromatic carbocycles. The molecule has 1 aliphatic rings. The first kappa shape index (κ1) is 16.6. The monoisotopic (exact) mass is 310 g/mol. The summed E-state index contributed by atoms with van der Waals surface area (Å²) in [6.45, 7) is 6.98. The van der Waals surface area contributed by atoms with Crippen LogP contribution in [0.4, 0.5) is 5.69 Å². The Kier molecular flexibility index (Phi) is 6.81. The zero-order chi connectivity index (χ0) is 15.1. The number of hydrogen-bond donors (Lipinski definition) is 1. The van der Waals surface area contributed by atoms with Gasteiger partial charge in [-0.25, -0.2) is 0 Å². The zero-order valence-electron chi connectivity index (χ0n) is 13.2. The molecule has 1 aromatic rings. The van der Waals surface area contributed by atoms with E-state index >= 15 is 0 Å². The summed E-state index contributed by atoms with van der Waals surface area (Å²) in [7, 11) is 1.72. The Morgan fingerprint density at radius 1 is 1.43 bits per heavy atom. The highest BCUT2D eigenvalue weighted by atomic mass is 35.5. The van der Waals surface area contributed by atoms with Crippen LogP contribution in [0.1, 0.15) is 31.7 Å². The van der Waals surface area contributed by atoms with Gasteiger partial charge < -0.3 is 15.0 Å². The van der Waals surface area contributed by atoms with Crippen molar-refractivity contribution < 1.29 is 4.74 Å². The third kappa shape index (κ3) is 4.87. The quantitative estimate of drug-likeness (QED) is 0.777. The van der Waals surface area contributed by atoms with Crippen LogP contribution in [0.25, 0.3) is 0 Å². The highest BCUT2D eigenvalue weighted by Crippen LogP contribution is 2.31. The van der Waals surface area contributed by atoms with E-state index in [-0.39, 0.29) is 0 Å². The molecule has 1 heterocycles. The van der Waals surface area contributed by atoms with Crippen molar-refractivity contribution in [1.82, 2.24) is 5.32 Å². The number of ether oxygens (including phenoxy) is 1. The Morgan fingerprint density at radius 2 is 2.29 bits per heavy atom. The van der Waals surface area contributed by atoms with Gasteiger partial charge in [0.15, 0.2) is 0 Å². The molecule has 21 heavy (non-hydrogen) atoms. The second kappa shape index (κ2) is 8.62. The highest BCUT2D eigenvalue weighted by Gasteiger charge is 2.20. The lowest BCUT2D eigenvalue weighted by Crippen LogP contribution is -2.35. The lowest BCUT2D eigenvalue weighted by Gasteiger charge is -2.34. The largest absolute Gasteiger partial charge is 0.383 e. The minimum Gasteiger partial charge on any atom is -0.383 e. The van der Waals surface area contributed by atoms with E-state index in [9.17, 15) is 0 Å². The molecule has 0 saturated carbocycles.